The molecule has 2 unspecified atom stereocenters. The first-order chi connectivity index (χ1) is 10.5. The Kier molecular flexibility index (Phi) is 9.46. The highest BCUT2D eigenvalue weighted by atomic mass is 127. The molecule has 0 bridgehead atoms. The minimum absolute atomic E-state index is 0.868. The molecule has 1 aromatic rings. The molecule has 0 spiro atoms. The molecule has 1 nitrogen and oxygen atoms in total. The van der Waals surface area contributed by atoms with Crippen molar-refractivity contribution in [3.8, 4) is 5.75 Å². The highest BCUT2D eigenvalue weighted by Gasteiger charge is 2.10. The van der Waals surface area contributed by atoms with Gasteiger partial charge >= 0.3 is 0 Å². The van der Waals surface area contributed by atoms with E-state index in [0.717, 1.165) is 17.6 Å². The molecule has 0 aromatic heterocycles. The van der Waals surface area contributed by atoms with E-state index >= 15 is 0 Å². The van der Waals surface area contributed by atoms with E-state index in [4.69, 9.17) is 4.74 Å². The van der Waals surface area contributed by atoms with E-state index in [0.29, 0.717) is 0 Å². The molecule has 126 valence electrons. The predicted octanol–water partition coefficient (Wildman–Crippen LogP) is 6.51. The lowest BCUT2D eigenvalue weighted by molar-refractivity contribution is 0.408. The van der Waals surface area contributed by atoms with Crippen molar-refractivity contribution in [3.63, 3.8) is 0 Å². The normalized spacial score (nSPS) is 13.9. The van der Waals surface area contributed by atoms with Crippen molar-refractivity contribution in [2.75, 3.05) is 11.5 Å². The molecule has 0 fully saturated rings. The van der Waals surface area contributed by atoms with Crippen LogP contribution in [0.3, 0.4) is 0 Å². The zero-order chi connectivity index (χ0) is 16.5. The first kappa shape index (κ1) is 19.8. The second-order valence-corrected chi connectivity index (χ2v) is 7.65. The van der Waals surface area contributed by atoms with E-state index in [2.05, 4.69) is 62.4 Å². The monoisotopic (exact) mass is 416 g/mol. The van der Waals surface area contributed by atoms with Gasteiger partial charge in [-0.05, 0) is 61.6 Å². The Balaban J connectivity index is 2.49. The van der Waals surface area contributed by atoms with Crippen LogP contribution in [0.4, 0.5) is 0 Å². The number of hydrogen-bond donors (Lipinski definition) is 0. The van der Waals surface area contributed by atoms with E-state index in [1.807, 2.05) is 0 Å². The van der Waals surface area contributed by atoms with Gasteiger partial charge in [0, 0.05) is 4.43 Å². The van der Waals surface area contributed by atoms with Gasteiger partial charge in [-0.2, -0.15) is 0 Å². The largest absolute Gasteiger partial charge is 0.496 e. The number of halogens is 1. The summed E-state index contributed by atoms with van der Waals surface area (Å²) < 4.78 is 6.75. The minimum atomic E-state index is 0.868. The second kappa shape index (κ2) is 10.5. The summed E-state index contributed by atoms with van der Waals surface area (Å²) in [6, 6.07) is 4.60. The molecule has 0 amide bonds. The van der Waals surface area contributed by atoms with Gasteiger partial charge in [-0.25, -0.2) is 0 Å². The van der Waals surface area contributed by atoms with Gasteiger partial charge < -0.3 is 4.74 Å². The molecule has 0 N–H and O–H groups in total. The van der Waals surface area contributed by atoms with Crippen molar-refractivity contribution < 1.29 is 4.74 Å². The maximum atomic E-state index is 5.46. The van der Waals surface area contributed by atoms with Gasteiger partial charge in [-0.3, -0.25) is 0 Å². The Bertz CT molecular complexity index is 418. The van der Waals surface area contributed by atoms with Crippen LogP contribution in [0, 0.1) is 25.7 Å². The summed E-state index contributed by atoms with van der Waals surface area (Å²) in [5, 5.41) is 0. The van der Waals surface area contributed by atoms with E-state index in [1.54, 1.807) is 7.11 Å². The van der Waals surface area contributed by atoms with E-state index in [1.165, 1.54) is 59.6 Å². The molecular formula is C20H33IO. The molecule has 1 aromatic carbocycles. The third kappa shape index (κ3) is 6.47. The van der Waals surface area contributed by atoms with Gasteiger partial charge in [0.1, 0.15) is 5.75 Å². The number of alkyl halides is 1. The van der Waals surface area contributed by atoms with Crippen molar-refractivity contribution in [2.24, 2.45) is 11.8 Å². The van der Waals surface area contributed by atoms with Crippen LogP contribution in [0.1, 0.15) is 62.6 Å². The first-order valence-electron chi connectivity index (χ1n) is 8.71. The maximum absolute atomic E-state index is 5.46. The molecule has 2 atom stereocenters. The SMILES string of the molecule is CCC(C)CCCC(CI)CCc1cc(C)c(OC)c(C)c1. The van der Waals surface area contributed by atoms with Crippen LogP contribution in [-0.2, 0) is 6.42 Å². The van der Waals surface area contributed by atoms with E-state index < -0.39 is 0 Å². The average molecular weight is 416 g/mol. The summed E-state index contributed by atoms with van der Waals surface area (Å²) >= 11 is 2.56. The van der Waals surface area contributed by atoms with Crippen molar-refractivity contribution in [3.05, 3.63) is 28.8 Å². The number of ether oxygens (including phenoxy) is 1. The van der Waals surface area contributed by atoms with Crippen LogP contribution in [0.5, 0.6) is 5.75 Å². The quantitative estimate of drug-likeness (QED) is 0.312. The summed E-state index contributed by atoms with van der Waals surface area (Å²) in [6.45, 7) is 8.98. The first-order valence-corrected chi connectivity index (χ1v) is 10.2. The van der Waals surface area contributed by atoms with Gasteiger partial charge in [0.15, 0.2) is 0 Å². The van der Waals surface area contributed by atoms with Crippen LogP contribution >= 0.6 is 22.6 Å². The van der Waals surface area contributed by atoms with Gasteiger partial charge in [0.2, 0.25) is 0 Å². The zero-order valence-corrected chi connectivity index (χ0v) is 17.2. The third-order valence-corrected chi connectivity index (χ3v) is 6.04. The minimum Gasteiger partial charge on any atom is -0.496 e. The van der Waals surface area contributed by atoms with Crippen LogP contribution in [0.25, 0.3) is 0 Å². The van der Waals surface area contributed by atoms with Crippen LogP contribution in [-0.4, -0.2) is 11.5 Å². The Morgan fingerprint density at radius 3 is 2.23 bits per heavy atom. The molecular weight excluding hydrogens is 383 g/mol. The second-order valence-electron chi connectivity index (χ2n) is 6.77. The summed E-state index contributed by atoms with van der Waals surface area (Å²) in [4.78, 5) is 0. The fourth-order valence-corrected chi connectivity index (χ4v) is 4.02. The number of aryl methyl sites for hydroxylation is 3. The number of methoxy groups -OCH3 is 1. The number of benzene rings is 1. The van der Waals surface area contributed by atoms with Crippen LogP contribution < -0.4 is 4.74 Å². The molecule has 0 aliphatic rings. The highest BCUT2D eigenvalue weighted by molar-refractivity contribution is 14.1. The average Bonchev–Trinajstić information content (AvgIpc) is 2.50. The smallest absolute Gasteiger partial charge is 0.124 e. The van der Waals surface area contributed by atoms with Crippen molar-refractivity contribution in [1.82, 2.24) is 0 Å². The van der Waals surface area contributed by atoms with Gasteiger partial charge in [-0.1, -0.05) is 67.8 Å². The summed E-state index contributed by atoms with van der Waals surface area (Å²) in [5.41, 5.74) is 3.99. The standard InChI is InChI=1S/C20H33IO/c1-6-15(2)8-7-9-18(14-21)10-11-19-12-16(3)20(22-5)17(4)13-19/h12-13,15,18H,6-11,14H2,1-5H3. The molecule has 22 heavy (non-hydrogen) atoms. The lowest BCUT2D eigenvalue weighted by atomic mass is 9.92. The van der Waals surface area contributed by atoms with Gasteiger partial charge in [-0.15, -0.1) is 0 Å². The zero-order valence-electron chi connectivity index (χ0n) is 15.0. The third-order valence-electron chi connectivity index (χ3n) is 4.79. The lowest BCUT2D eigenvalue weighted by Gasteiger charge is -2.16. The molecule has 0 saturated carbocycles. The fourth-order valence-electron chi connectivity index (χ4n) is 3.13. The van der Waals surface area contributed by atoms with Crippen molar-refractivity contribution >= 4 is 22.6 Å². The fraction of sp³-hybridized carbons (Fsp3) is 0.700. The highest BCUT2D eigenvalue weighted by Crippen LogP contribution is 2.26. The molecule has 0 aliphatic heterocycles. The van der Waals surface area contributed by atoms with Crippen LogP contribution in [0.2, 0.25) is 0 Å². The van der Waals surface area contributed by atoms with Gasteiger partial charge in [0.25, 0.3) is 0 Å². The van der Waals surface area contributed by atoms with E-state index in [-0.39, 0.29) is 0 Å². The molecule has 0 radical (unpaired) electrons. The summed E-state index contributed by atoms with van der Waals surface area (Å²) in [7, 11) is 1.76. The molecule has 0 aliphatic carbocycles. The maximum Gasteiger partial charge on any atom is 0.124 e. The number of hydrogen-bond acceptors (Lipinski definition) is 1. The predicted molar refractivity (Wildman–Crippen MR) is 106 cm³/mol. The Morgan fingerprint density at radius 1 is 1.09 bits per heavy atom. The topological polar surface area (TPSA) is 9.23 Å². The lowest BCUT2D eigenvalue weighted by Crippen LogP contribution is -2.05. The summed E-state index contributed by atoms with van der Waals surface area (Å²) in [6.07, 6.45) is 8.01. The number of rotatable bonds is 10. The Labute approximate surface area is 151 Å². The Morgan fingerprint density at radius 2 is 1.73 bits per heavy atom. The molecule has 0 saturated heterocycles. The molecule has 2 heteroatoms. The van der Waals surface area contributed by atoms with Crippen LogP contribution in [0.15, 0.2) is 12.1 Å². The van der Waals surface area contributed by atoms with Crippen molar-refractivity contribution in [2.45, 2.75) is 66.2 Å². The molecule has 0 heterocycles. The van der Waals surface area contributed by atoms with Crippen molar-refractivity contribution in [1.29, 1.82) is 0 Å². The summed E-state index contributed by atoms with van der Waals surface area (Å²) in [5.74, 6) is 2.80. The van der Waals surface area contributed by atoms with E-state index in [9.17, 15) is 0 Å². The Hall–Kier alpha value is -0.250. The molecule has 1 rings (SSSR count). The van der Waals surface area contributed by atoms with Gasteiger partial charge in [0.05, 0.1) is 7.11 Å².